The second-order valence-corrected chi connectivity index (χ2v) is 7.57. The van der Waals surface area contributed by atoms with Crippen LogP contribution in [0, 0.1) is 5.92 Å². The minimum absolute atomic E-state index is 0.0257. The van der Waals surface area contributed by atoms with Crippen molar-refractivity contribution in [1.82, 2.24) is 19.7 Å². The molecule has 1 N–H and O–H groups in total. The molecule has 4 rings (SSSR count). The number of rotatable bonds is 5. The summed E-state index contributed by atoms with van der Waals surface area (Å²) in [7, 11) is 1.81. The molecular weight excluding hydrogens is 433 g/mol. The molecule has 2 saturated heterocycles. The number of halogens is 3. The molecule has 9 nitrogen and oxygen atoms in total. The van der Waals surface area contributed by atoms with Crippen molar-refractivity contribution in [2.75, 3.05) is 26.3 Å². The first-order chi connectivity index (χ1) is 15.1. The number of carbonyl (C=O) groups is 2. The highest BCUT2D eigenvalue weighted by Crippen LogP contribution is 2.42. The number of amides is 1. The molecule has 2 aromatic rings. The predicted molar refractivity (Wildman–Crippen MR) is 104 cm³/mol. The fourth-order valence-corrected chi connectivity index (χ4v) is 3.74. The van der Waals surface area contributed by atoms with E-state index in [4.69, 9.17) is 19.4 Å². The van der Waals surface area contributed by atoms with Crippen molar-refractivity contribution in [1.29, 1.82) is 0 Å². The van der Waals surface area contributed by atoms with Crippen LogP contribution < -0.4 is 4.74 Å². The third kappa shape index (κ3) is 5.55. The summed E-state index contributed by atoms with van der Waals surface area (Å²) in [5.74, 6) is -1.67. The molecule has 0 radical (unpaired) electrons. The summed E-state index contributed by atoms with van der Waals surface area (Å²) in [5.41, 5.74) is 0.427. The van der Waals surface area contributed by atoms with Crippen LogP contribution >= 0.6 is 0 Å². The van der Waals surface area contributed by atoms with Gasteiger partial charge in [0.15, 0.2) is 0 Å². The van der Waals surface area contributed by atoms with Crippen molar-refractivity contribution in [3.05, 3.63) is 42.4 Å². The number of likely N-dealkylation sites (tertiary alicyclic amines) is 1. The van der Waals surface area contributed by atoms with E-state index in [0.29, 0.717) is 37.1 Å². The normalized spacial score (nSPS) is 19.1. The summed E-state index contributed by atoms with van der Waals surface area (Å²) in [5, 5.41) is 11.2. The molecular formula is C20H23F3N4O5. The molecule has 0 aromatic carbocycles. The molecule has 12 heteroatoms. The SMILES string of the molecule is Cn1cc(C(=O)N2CC3(C2)OCCC3CCOc2ccccn2)cn1.O=C(O)C(F)(F)F. The Labute approximate surface area is 181 Å². The maximum Gasteiger partial charge on any atom is 0.490 e. The topological polar surface area (TPSA) is 107 Å². The van der Waals surface area contributed by atoms with Crippen molar-refractivity contribution in [3.8, 4) is 5.88 Å². The van der Waals surface area contributed by atoms with Gasteiger partial charge in [-0.1, -0.05) is 6.07 Å². The van der Waals surface area contributed by atoms with Crippen LogP contribution in [0.4, 0.5) is 13.2 Å². The third-order valence-electron chi connectivity index (χ3n) is 5.35. The Bertz CT molecular complexity index is 929. The van der Waals surface area contributed by atoms with Crippen molar-refractivity contribution >= 4 is 11.9 Å². The van der Waals surface area contributed by atoms with Gasteiger partial charge < -0.3 is 19.5 Å². The van der Waals surface area contributed by atoms with E-state index in [1.54, 1.807) is 23.3 Å². The molecule has 4 heterocycles. The highest BCUT2D eigenvalue weighted by molar-refractivity contribution is 5.94. The lowest BCUT2D eigenvalue weighted by Gasteiger charge is -2.50. The van der Waals surface area contributed by atoms with Crippen molar-refractivity contribution in [3.63, 3.8) is 0 Å². The predicted octanol–water partition coefficient (Wildman–Crippen LogP) is 2.15. The van der Waals surface area contributed by atoms with Crippen molar-refractivity contribution in [2.24, 2.45) is 13.0 Å². The first-order valence-electron chi connectivity index (χ1n) is 9.86. The molecule has 0 bridgehead atoms. The lowest BCUT2D eigenvalue weighted by Crippen LogP contribution is -2.66. The smallest absolute Gasteiger partial charge is 0.478 e. The Hall–Kier alpha value is -3.15. The van der Waals surface area contributed by atoms with E-state index in [9.17, 15) is 18.0 Å². The van der Waals surface area contributed by atoms with Gasteiger partial charge >= 0.3 is 12.1 Å². The van der Waals surface area contributed by atoms with E-state index in [2.05, 4.69) is 10.1 Å². The number of ether oxygens (including phenoxy) is 2. The quantitative estimate of drug-likeness (QED) is 0.735. The third-order valence-corrected chi connectivity index (χ3v) is 5.35. The number of alkyl halides is 3. The Morgan fingerprint density at radius 2 is 2.06 bits per heavy atom. The maximum absolute atomic E-state index is 12.5. The fraction of sp³-hybridized carbons (Fsp3) is 0.500. The monoisotopic (exact) mass is 456 g/mol. The number of hydrogen-bond donors (Lipinski definition) is 1. The molecule has 1 spiro atoms. The van der Waals surface area contributed by atoms with Crippen LogP contribution in [0.15, 0.2) is 36.8 Å². The summed E-state index contributed by atoms with van der Waals surface area (Å²) in [4.78, 5) is 27.4. The van der Waals surface area contributed by atoms with Gasteiger partial charge in [0.2, 0.25) is 5.88 Å². The second kappa shape index (κ2) is 9.55. The molecule has 1 atom stereocenters. The van der Waals surface area contributed by atoms with Crippen LogP contribution in [-0.2, 0) is 16.6 Å². The van der Waals surface area contributed by atoms with Gasteiger partial charge in [0, 0.05) is 32.1 Å². The minimum Gasteiger partial charge on any atom is -0.478 e. The van der Waals surface area contributed by atoms with E-state index in [-0.39, 0.29) is 11.5 Å². The number of aliphatic carboxylic acids is 1. The van der Waals surface area contributed by atoms with E-state index >= 15 is 0 Å². The molecule has 2 fully saturated rings. The Morgan fingerprint density at radius 1 is 1.34 bits per heavy atom. The van der Waals surface area contributed by atoms with Crippen LogP contribution in [0.1, 0.15) is 23.2 Å². The highest BCUT2D eigenvalue weighted by atomic mass is 19.4. The lowest BCUT2D eigenvalue weighted by molar-refractivity contribution is -0.192. The van der Waals surface area contributed by atoms with E-state index in [0.717, 1.165) is 19.4 Å². The number of aromatic nitrogens is 3. The first kappa shape index (κ1) is 23.5. The summed E-state index contributed by atoms with van der Waals surface area (Å²) in [6.07, 6.45) is 1.93. The molecule has 2 aliphatic heterocycles. The van der Waals surface area contributed by atoms with E-state index < -0.39 is 12.1 Å². The average Bonchev–Trinajstić information content (AvgIpc) is 3.33. The van der Waals surface area contributed by atoms with Crippen molar-refractivity contribution in [2.45, 2.75) is 24.6 Å². The van der Waals surface area contributed by atoms with Gasteiger partial charge in [0.25, 0.3) is 5.91 Å². The number of hydrogen-bond acceptors (Lipinski definition) is 6. The van der Waals surface area contributed by atoms with Crippen LogP contribution in [0.25, 0.3) is 0 Å². The number of carbonyl (C=O) groups excluding carboxylic acids is 1. The Morgan fingerprint density at radius 3 is 2.62 bits per heavy atom. The molecule has 0 aliphatic carbocycles. The lowest BCUT2D eigenvalue weighted by atomic mass is 9.79. The van der Waals surface area contributed by atoms with Crippen molar-refractivity contribution < 1.29 is 37.3 Å². The zero-order chi connectivity index (χ0) is 23.4. The van der Waals surface area contributed by atoms with Crippen LogP contribution in [0.5, 0.6) is 5.88 Å². The van der Waals surface area contributed by atoms with Gasteiger partial charge in [-0.15, -0.1) is 0 Å². The number of carboxylic acid groups (broad SMARTS) is 1. The molecule has 2 aromatic heterocycles. The van der Waals surface area contributed by atoms with Gasteiger partial charge in [-0.2, -0.15) is 18.3 Å². The van der Waals surface area contributed by atoms with E-state index in [1.165, 1.54) is 0 Å². The molecule has 174 valence electrons. The Balaban J connectivity index is 0.000000360. The van der Waals surface area contributed by atoms with Gasteiger partial charge in [0.1, 0.15) is 5.60 Å². The number of aryl methyl sites for hydroxylation is 1. The average molecular weight is 456 g/mol. The summed E-state index contributed by atoms with van der Waals surface area (Å²) >= 11 is 0. The van der Waals surface area contributed by atoms with Gasteiger partial charge in [-0.3, -0.25) is 9.48 Å². The zero-order valence-corrected chi connectivity index (χ0v) is 17.3. The standard InChI is InChI=1S/C18H22N4O3.C2HF3O2/c1-21-11-14(10-20-21)17(23)22-12-18(13-22)15(6-9-25-18)5-8-24-16-4-2-3-7-19-16;3-2(4,5)1(6)7/h2-4,7,10-11,15H,5-6,8-9,12-13H2,1H3;(H,6,7). The van der Waals surface area contributed by atoms with Crippen LogP contribution in [-0.4, -0.2) is 74.7 Å². The summed E-state index contributed by atoms with van der Waals surface area (Å²) in [6, 6.07) is 5.64. The summed E-state index contributed by atoms with van der Waals surface area (Å²) < 4.78 is 45.1. The van der Waals surface area contributed by atoms with Gasteiger partial charge in [0.05, 0.1) is 31.5 Å². The molecule has 1 unspecified atom stereocenters. The minimum atomic E-state index is -5.08. The van der Waals surface area contributed by atoms with Crippen LogP contribution in [0.3, 0.4) is 0 Å². The van der Waals surface area contributed by atoms with Crippen LogP contribution in [0.2, 0.25) is 0 Å². The largest absolute Gasteiger partial charge is 0.490 e. The number of nitrogens with zero attached hydrogens (tertiary/aromatic N) is 4. The summed E-state index contributed by atoms with van der Waals surface area (Å²) in [6.45, 7) is 2.66. The first-order valence-corrected chi connectivity index (χ1v) is 9.86. The van der Waals surface area contributed by atoms with Gasteiger partial charge in [-0.25, -0.2) is 9.78 Å². The maximum atomic E-state index is 12.5. The molecule has 32 heavy (non-hydrogen) atoms. The van der Waals surface area contributed by atoms with Gasteiger partial charge in [-0.05, 0) is 24.8 Å². The fourth-order valence-electron chi connectivity index (χ4n) is 3.74. The second-order valence-electron chi connectivity index (χ2n) is 7.57. The highest BCUT2D eigenvalue weighted by Gasteiger charge is 2.54. The van der Waals surface area contributed by atoms with E-state index in [1.807, 2.05) is 30.1 Å². The number of pyridine rings is 1. The number of carboxylic acids is 1. The zero-order valence-electron chi connectivity index (χ0n) is 17.3. The Kier molecular flexibility index (Phi) is 7.02. The molecule has 2 aliphatic rings. The molecule has 1 amide bonds. The molecule has 0 saturated carbocycles.